The highest BCUT2D eigenvalue weighted by atomic mass is 19.1. The summed E-state index contributed by atoms with van der Waals surface area (Å²) in [7, 11) is 0. The molecule has 0 bridgehead atoms. The Bertz CT molecular complexity index is 1210. The molecule has 0 saturated carbocycles. The highest BCUT2D eigenvalue weighted by Crippen LogP contribution is 2.24. The van der Waals surface area contributed by atoms with Gasteiger partial charge in [-0.25, -0.2) is 9.18 Å². The first kappa shape index (κ1) is 26.7. The fourth-order valence-electron chi connectivity index (χ4n) is 3.02. The lowest BCUT2D eigenvalue weighted by Gasteiger charge is -2.12. The molecule has 0 saturated heterocycles. The van der Waals surface area contributed by atoms with Gasteiger partial charge in [-0.3, -0.25) is 5.32 Å². The van der Waals surface area contributed by atoms with Crippen molar-refractivity contribution in [3.63, 3.8) is 0 Å². The van der Waals surface area contributed by atoms with Crippen LogP contribution in [0, 0.1) is 17.7 Å². The van der Waals surface area contributed by atoms with E-state index in [9.17, 15) is 9.18 Å². The van der Waals surface area contributed by atoms with Crippen molar-refractivity contribution in [1.29, 1.82) is 0 Å². The molecule has 0 fully saturated rings. The zero-order chi connectivity index (χ0) is 26.0. The van der Waals surface area contributed by atoms with Gasteiger partial charge in [0.25, 0.3) is 0 Å². The van der Waals surface area contributed by atoms with Gasteiger partial charge in [0.05, 0.1) is 18.9 Å². The summed E-state index contributed by atoms with van der Waals surface area (Å²) in [6.45, 7) is 7.93. The minimum atomic E-state index is -0.634. The summed E-state index contributed by atoms with van der Waals surface area (Å²) in [4.78, 5) is 12.2. The summed E-state index contributed by atoms with van der Waals surface area (Å²) in [6, 6.07) is 12.7. The first-order chi connectivity index (χ1) is 17.2. The van der Waals surface area contributed by atoms with Crippen LogP contribution in [0.1, 0.15) is 44.1 Å². The number of carbonyl (C=O) groups excluding carboxylic acids is 1. The number of amides is 2. The van der Waals surface area contributed by atoms with Gasteiger partial charge in [0.1, 0.15) is 17.3 Å². The second-order valence-corrected chi connectivity index (χ2v) is 9.05. The van der Waals surface area contributed by atoms with Crippen LogP contribution in [0.2, 0.25) is 0 Å². The lowest BCUT2D eigenvalue weighted by molar-refractivity contribution is 0.261. The number of benzene rings is 2. The molecule has 36 heavy (non-hydrogen) atoms. The number of urea groups is 1. The van der Waals surface area contributed by atoms with Crippen molar-refractivity contribution in [2.45, 2.75) is 32.6 Å². The third kappa shape index (κ3) is 8.41. The summed E-state index contributed by atoms with van der Waals surface area (Å²) in [5.74, 6) is 6.91. The van der Waals surface area contributed by atoms with E-state index in [0.717, 1.165) is 24.3 Å². The molecule has 3 rings (SSSR count). The van der Waals surface area contributed by atoms with E-state index >= 15 is 0 Å². The standard InChI is InChI=1S/C27H31FN4O4/c1-27(2,3)24-18-25(32-36-24)31-26(34)30-23-12-9-20(17-22(23)28)6-5-19-7-10-21(11-8-19)35-16-4-13-29-14-15-33/h7-12,17-18,29,33H,4,13-16H2,1-3H3,(H2,30,31,32,34). The summed E-state index contributed by atoms with van der Waals surface area (Å²) < 4.78 is 25.4. The van der Waals surface area contributed by atoms with E-state index in [4.69, 9.17) is 14.4 Å². The second-order valence-electron chi connectivity index (χ2n) is 9.05. The average molecular weight is 495 g/mol. The molecule has 0 unspecified atom stereocenters. The Morgan fingerprint density at radius 3 is 2.44 bits per heavy atom. The lowest BCUT2D eigenvalue weighted by Crippen LogP contribution is -2.20. The summed E-state index contributed by atoms with van der Waals surface area (Å²) >= 11 is 0. The second kappa shape index (κ2) is 12.7. The number of anilines is 2. The number of carbonyl (C=O) groups is 1. The fourth-order valence-corrected chi connectivity index (χ4v) is 3.02. The number of nitrogens with one attached hydrogen (secondary N) is 3. The van der Waals surface area contributed by atoms with Crippen LogP contribution in [-0.4, -0.2) is 42.6 Å². The molecule has 0 spiro atoms. The molecule has 2 aromatic carbocycles. The molecule has 0 aliphatic rings. The van der Waals surface area contributed by atoms with Gasteiger partial charge in [0.2, 0.25) is 0 Å². The zero-order valence-electron chi connectivity index (χ0n) is 20.7. The van der Waals surface area contributed by atoms with Gasteiger partial charge in [-0.15, -0.1) is 0 Å². The molecule has 0 aliphatic heterocycles. The number of ether oxygens (including phenoxy) is 1. The summed E-state index contributed by atoms with van der Waals surface area (Å²) in [5, 5.41) is 20.6. The Hall–Kier alpha value is -3.87. The van der Waals surface area contributed by atoms with E-state index in [2.05, 4.69) is 32.9 Å². The maximum atomic E-state index is 14.5. The van der Waals surface area contributed by atoms with Crippen LogP contribution >= 0.6 is 0 Å². The summed E-state index contributed by atoms with van der Waals surface area (Å²) in [6.07, 6.45) is 0.831. The summed E-state index contributed by atoms with van der Waals surface area (Å²) in [5.41, 5.74) is 1.00. The molecule has 0 aliphatic carbocycles. The predicted molar refractivity (Wildman–Crippen MR) is 137 cm³/mol. The lowest BCUT2D eigenvalue weighted by atomic mass is 9.93. The van der Waals surface area contributed by atoms with Gasteiger partial charge >= 0.3 is 6.03 Å². The normalized spacial score (nSPS) is 10.9. The van der Waals surface area contributed by atoms with E-state index in [1.54, 1.807) is 12.1 Å². The van der Waals surface area contributed by atoms with E-state index in [1.165, 1.54) is 12.1 Å². The number of hydrogen-bond acceptors (Lipinski definition) is 6. The third-order valence-electron chi connectivity index (χ3n) is 4.97. The van der Waals surface area contributed by atoms with E-state index in [1.807, 2.05) is 45.0 Å². The highest BCUT2D eigenvalue weighted by Gasteiger charge is 2.20. The Balaban J connectivity index is 1.51. The Kier molecular flexibility index (Phi) is 9.45. The Morgan fingerprint density at radius 2 is 1.78 bits per heavy atom. The molecule has 0 atom stereocenters. The van der Waals surface area contributed by atoms with Gasteiger partial charge in [-0.2, -0.15) is 0 Å². The topological polar surface area (TPSA) is 109 Å². The van der Waals surface area contributed by atoms with Gasteiger partial charge < -0.3 is 25.0 Å². The molecule has 1 aromatic heterocycles. The van der Waals surface area contributed by atoms with Crippen molar-refractivity contribution in [2.24, 2.45) is 0 Å². The van der Waals surface area contributed by atoms with Gasteiger partial charge in [-0.05, 0) is 55.4 Å². The van der Waals surface area contributed by atoms with Crippen LogP contribution in [0.4, 0.5) is 20.7 Å². The smallest absolute Gasteiger partial charge is 0.325 e. The Labute approximate surface area is 210 Å². The van der Waals surface area contributed by atoms with E-state index in [-0.39, 0.29) is 23.5 Å². The molecule has 190 valence electrons. The molecule has 0 radical (unpaired) electrons. The van der Waals surface area contributed by atoms with Crippen LogP contribution in [0.3, 0.4) is 0 Å². The number of halogens is 1. The molecule has 8 nitrogen and oxygen atoms in total. The number of aliphatic hydroxyl groups excluding tert-OH is 1. The van der Waals surface area contributed by atoms with Crippen molar-refractivity contribution < 1.29 is 23.6 Å². The monoisotopic (exact) mass is 494 g/mol. The molecular formula is C27H31FN4O4. The minimum absolute atomic E-state index is 0.0191. The van der Waals surface area contributed by atoms with Crippen LogP contribution in [0.5, 0.6) is 5.75 Å². The van der Waals surface area contributed by atoms with Gasteiger partial charge in [0, 0.05) is 29.2 Å². The predicted octanol–water partition coefficient (Wildman–Crippen LogP) is 4.51. The third-order valence-corrected chi connectivity index (χ3v) is 4.97. The maximum absolute atomic E-state index is 14.5. The minimum Gasteiger partial charge on any atom is -0.494 e. The first-order valence-corrected chi connectivity index (χ1v) is 11.7. The average Bonchev–Trinajstić information content (AvgIpc) is 3.31. The molecule has 4 N–H and O–H groups in total. The van der Waals surface area contributed by atoms with Gasteiger partial charge in [0.15, 0.2) is 5.82 Å². The number of aromatic nitrogens is 1. The zero-order valence-corrected chi connectivity index (χ0v) is 20.7. The molecule has 9 heteroatoms. The highest BCUT2D eigenvalue weighted by molar-refractivity contribution is 5.99. The quantitative estimate of drug-likeness (QED) is 0.258. The van der Waals surface area contributed by atoms with Crippen LogP contribution in [-0.2, 0) is 5.41 Å². The SMILES string of the molecule is CC(C)(C)c1cc(NC(=O)Nc2ccc(C#Cc3ccc(OCCCNCCO)cc3)cc2F)no1. The van der Waals surface area contributed by atoms with Crippen molar-refractivity contribution in [2.75, 3.05) is 36.9 Å². The molecule has 2 amide bonds. The van der Waals surface area contributed by atoms with Crippen molar-refractivity contribution in [1.82, 2.24) is 10.5 Å². The van der Waals surface area contributed by atoms with Crippen molar-refractivity contribution in [3.05, 3.63) is 71.2 Å². The van der Waals surface area contributed by atoms with Crippen molar-refractivity contribution >= 4 is 17.5 Å². The number of hydrogen-bond donors (Lipinski definition) is 4. The van der Waals surface area contributed by atoms with E-state index < -0.39 is 11.8 Å². The van der Waals surface area contributed by atoms with Crippen LogP contribution in [0.25, 0.3) is 0 Å². The fraction of sp³-hybridized carbons (Fsp3) is 0.333. The Morgan fingerprint density at radius 1 is 1.06 bits per heavy atom. The number of nitrogens with zero attached hydrogens (tertiary/aromatic N) is 1. The van der Waals surface area contributed by atoms with E-state index in [0.29, 0.717) is 24.5 Å². The van der Waals surface area contributed by atoms with Crippen LogP contribution < -0.4 is 20.7 Å². The largest absolute Gasteiger partial charge is 0.494 e. The van der Waals surface area contributed by atoms with Crippen molar-refractivity contribution in [3.8, 4) is 17.6 Å². The maximum Gasteiger partial charge on any atom is 0.325 e. The molecular weight excluding hydrogens is 463 g/mol. The first-order valence-electron chi connectivity index (χ1n) is 11.7. The van der Waals surface area contributed by atoms with Gasteiger partial charge in [-0.1, -0.05) is 37.8 Å². The molecule has 1 heterocycles. The molecule has 3 aromatic rings. The number of rotatable bonds is 9. The number of aliphatic hydroxyl groups is 1. The van der Waals surface area contributed by atoms with Crippen LogP contribution in [0.15, 0.2) is 53.1 Å².